The highest BCUT2D eigenvalue weighted by Crippen LogP contribution is 2.25. The molecule has 144 valence electrons. The summed E-state index contributed by atoms with van der Waals surface area (Å²) < 4.78 is 5.72. The fourth-order valence-electron chi connectivity index (χ4n) is 3.18. The molecule has 2 atom stereocenters. The topological polar surface area (TPSA) is 81.1 Å². The summed E-state index contributed by atoms with van der Waals surface area (Å²) in [4.78, 5) is 16.4. The predicted octanol–water partition coefficient (Wildman–Crippen LogP) is 4.01. The van der Waals surface area contributed by atoms with Crippen molar-refractivity contribution in [3.63, 3.8) is 0 Å². The van der Waals surface area contributed by atoms with Gasteiger partial charge >= 0.3 is 0 Å². The molecule has 26 heavy (non-hydrogen) atoms. The summed E-state index contributed by atoms with van der Waals surface area (Å²) in [5, 5.41) is 3.77. The molecule has 0 spiro atoms. The number of carbonyl (C=O) groups is 1. The summed E-state index contributed by atoms with van der Waals surface area (Å²) in [6, 6.07) is 7.60. The molecular formula is C18H24Cl3N3O2. The minimum atomic E-state index is 0. The highest BCUT2D eigenvalue weighted by molar-refractivity contribution is 6.30. The SMILES string of the molecule is Cl.Cl.NCC1CCCC1NC(=O)CCc1ncc(-c2ccc(Cl)cc2)o1. The maximum atomic E-state index is 12.1. The molecule has 2 aromatic rings. The Morgan fingerprint density at radius 2 is 2.00 bits per heavy atom. The van der Waals surface area contributed by atoms with Gasteiger partial charge in [0.15, 0.2) is 11.7 Å². The Bertz CT molecular complexity index is 691. The molecule has 1 aliphatic rings. The summed E-state index contributed by atoms with van der Waals surface area (Å²) in [6.45, 7) is 0.634. The maximum Gasteiger partial charge on any atom is 0.220 e. The third-order valence-electron chi connectivity index (χ3n) is 4.56. The van der Waals surface area contributed by atoms with Gasteiger partial charge in [-0.25, -0.2) is 4.98 Å². The van der Waals surface area contributed by atoms with Crippen LogP contribution < -0.4 is 11.1 Å². The van der Waals surface area contributed by atoms with Crippen LogP contribution in [0.2, 0.25) is 5.02 Å². The second kappa shape index (κ2) is 10.8. The van der Waals surface area contributed by atoms with E-state index in [9.17, 15) is 4.79 Å². The summed E-state index contributed by atoms with van der Waals surface area (Å²) in [6.07, 6.45) is 5.79. The van der Waals surface area contributed by atoms with E-state index >= 15 is 0 Å². The largest absolute Gasteiger partial charge is 0.441 e. The molecule has 2 unspecified atom stereocenters. The highest BCUT2D eigenvalue weighted by atomic mass is 35.5. The Balaban J connectivity index is 0.00000169. The number of hydrogen-bond acceptors (Lipinski definition) is 4. The minimum absolute atomic E-state index is 0. The molecule has 5 nitrogen and oxygen atoms in total. The summed E-state index contributed by atoms with van der Waals surface area (Å²) in [5.74, 6) is 1.69. The van der Waals surface area contributed by atoms with E-state index < -0.39 is 0 Å². The molecule has 1 aromatic heterocycles. The molecule has 0 bridgehead atoms. The zero-order chi connectivity index (χ0) is 16.9. The normalized spacial score (nSPS) is 18.7. The lowest BCUT2D eigenvalue weighted by molar-refractivity contribution is -0.122. The summed E-state index contributed by atoms with van der Waals surface area (Å²) in [5.41, 5.74) is 6.66. The molecule has 3 N–H and O–H groups in total. The van der Waals surface area contributed by atoms with E-state index in [1.165, 1.54) is 0 Å². The number of aromatic nitrogens is 1. The van der Waals surface area contributed by atoms with E-state index in [1.54, 1.807) is 6.20 Å². The first-order chi connectivity index (χ1) is 11.7. The predicted molar refractivity (Wildman–Crippen MR) is 108 cm³/mol. The number of benzene rings is 1. The second-order valence-electron chi connectivity index (χ2n) is 6.23. The monoisotopic (exact) mass is 419 g/mol. The van der Waals surface area contributed by atoms with Gasteiger partial charge in [-0.05, 0) is 49.6 Å². The van der Waals surface area contributed by atoms with Crippen LogP contribution in [0.4, 0.5) is 0 Å². The number of nitrogens with one attached hydrogen (secondary N) is 1. The van der Waals surface area contributed by atoms with E-state index in [4.69, 9.17) is 21.8 Å². The molecule has 1 fully saturated rings. The Labute approximate surface area is 170 Å². The van der Waals surface area contributed by atoms with Crippen molar-refractivity contribution in [3.05, 3.63) is 41.4 Å². The zero-order valence-electron chi connectivity index (χ0n) is 14.3. The number of halogens is 3. The van der Waals surface area contributed by atoms with Crippen molar-refractivity contribution in [3.8, 4) is 11.3 Å². The average molecular weight is 421 g/mol. The third-order valence-corrected chi connectivity index (χ3v) is 4.81. The Morgan fingerprint density at radius 1 is 1.27 bits per heavy atom. The lowest BCUT2D eigenvalue weighted by atomic mass is 10.0. The van der Waals surface area contributed by atoms with Gasteiger partial charge in [0.05, 0.1) is 6.20 Å². The average Bonchev–Trinajstić information content (AvgIpc) is 3.22. The summed E-state index contributed by atoms with van der Waals surface area (Å²) in [7, 11) is 0. The molecule has 3 rings (SSSR count). The number of aryl methyl sites for hydroxylation is 1. The third kappa shape index (κ3) is 5.88. The van der Waals surface area contributed by atoms with Gasteiger partial charge in [0.25, 0.3) is 0 Å². The van der Waals surface area contributed by atoms with Crippen molar-refractivity contribution in [2.45, 2.75) is 38.1 Å². The van der Waals surface area contributed by atoms with Gasteiger partial charge < -0.3 is 15.5 Å². The standard InChI is InChI=1S/C18H22ClN3O2.2ClH/c19-14-6-4-12(5-7-14)16-11-21-18(24-16)9-8-17(23)22-15-3-1-2-13(15)10-20;;/h4-7,11,13,15H,1-3,8-10,20H2,(H,22,23);2*1H. The number of amides is 1. The lowest BCUT2D eigenvalue weighted by Gasteiger charge is -2.19. The molecule has 1 aliphatic carbocycles. The van der Waals surface area contributed by atoms with Gasteiger partial charge in [0.1, 0.15) is 0 Å². The number of nitrogens with two attached hydrogens (primary N) is 1. The maximum absolute atomic E-state index is 12.1. The van der Waals surface area contributed by atoms with Crippen LogP contribution in [-0.2, 0) is 11.2 Å². The Hall–Kier alpha value is -1.27. The van der Waals surface area contributed by atoms with Crippen LogP contribution in [0.1, 0.15) is 31.6 Å². The number of nitrogens with zero attached hydrogens (tertiary/aromatic N) is 1. The number of rotatable bonds is 6. The minimum Gasteiger partial charge on any atom is -0.441 e. The first-order valence-corrected chi connectivity index (χ1v) is 8.73. The van der Waals surface area contributed by atoms with Crippen LogP contribution >= 0.6 is 36.4 Å². The van der Waals surface area contributed by atoms with Gasteiger partial charge in [-0.1, -0.05) is 18.0 Å². The second-order valence-corrected chi connectivity index (χ2v) is 6.66. The van der Waals surface area contributed by atoms with Crippen LogP contribution in [-0.4, -0.2) is 23.5 Å². The molecule has 1 amide bonds. The number of oxazole rings is 1. The van der Waals surface area contributed by atoms with E-state index in [-0.39, 0.29) is 36.8 Å². The van der Waals surface area contributed by atoms with Crippen molar-refractivity contribution in [2.75, 3.05) is 6.54 Å². The molecular weight excluding hydrogens is 397 g/mol. The lowest BCUT2D eigenvalue weighted by Crippen LogP contribution is -2.39. The smallest absolute Gasteiger partial charge is 0.220 e. The van der Waals surface area contributed by atoms with Crippen LogP contribution in [0.3, 0.4) is 0 Å². The number of carbonyl (C=O) groups excluding carboxylic acids is 1. The van der Waals surface area contributed by atoms with E-state index in [1.807, 2.05) is 24.3 Å². The van der Waals surface area contributed by atoms with E-state index in [0.29, 0.717) is 42.0 Å². The molecule has 1 heterocycles. The van der Waals surface area contributed by atoms with Crippen LogP contribution in [0.5, 0.6) is 0 Å². The van der Waals surface area contributed by atoms with Crippen molar-refractivity contribution in [1.82, 2.24) is 10.3 Å². The fraction of sp³-hybridized carbons (Fsp3) is 0.444. The number of hydrogen-bond donors (Lipinski definition) is 2. The van der Waals surface area contributed by atoms with Gasteiger partial charge in [-0.2, -0.15) is 0 Å². The van der Waals surface area contributed by atoms with Crippen LogP contribution in [0.15, 0.2) is 34.9 Å². The van der Waals surface area contributed by atoms with Crippen LogP contribution in [0.25, 0.3) is 11.3 Å². The van der Waals surface area contributed by atoms with Crippen LogP contribution in [0, 0.1) is 5.92 Å². The Kier molecular flexibility index (Phi) is 9.44. The van der Waals surface area contributed by atoms with Gasteiger partial charge in [0.2, 0.25) is 5.91 Å². The first kappa shape index (κ1) is 22.8. The highest BCUT2D eigenvalue weighted by Gasteiger charge is 2.27. The van der Waals surface area contributed by atoms with Gasteiger partial charge in [-0.15, -0.1) is 24.8 Å². The molecule has 0 aliphatic heterocycles. The Morgan fingerprint density at radius 3 is 2.69 bits per heavy atom. The molecule has 1 saturated carbocycles. The zero-order valence-corrected chi connectivity index (χ0v) is 16.7. The van der Waals surface area contributed by atoms with E-state index in [0.717, 1.165) is 24.8 Å². The van der Waals surface area contributed by atoms with Crippen molar-refractivity contribution in [1.29, 1.82) is 0 Å². The van der Waals surface area contributed by atoms with Crippen molar-refractivity contribution in [2.24, 2.45) is 11.7 Å². The molecule has 1 aromatic carbocycles. The fourth-order valence-corrected chi connectivity index (χ4v) is 3.31. The van der Waals surface area contributed by atoms with Crippen molar-refractivity contribution < 1.29 is 9.21 Å². The van der Waals surface area contributed by atoms with Gasteiger partial charge in [-0.3, -0.25) is 4.79 Å². The van der Waals surface area contributed by atoms with E-state index in [2.05, 4.69) is 10.3 Å². The molecule has 8 heteroatoms. The van der Waals surface area contributed by atoms with Gasteiger partial charge in [0, 0.05) is 29.5 Å². The molecule has 0 radical (unpaired) electrons. The quantitative estimate of drug-likeness (QED) is 0.739. The molecule has 0 saturated heterocycles. The van der Waals surface area contributed by atoms with Crippen molar-refractivity contribution >= 4 is 42.3 Å². The summed E-state index contributed by atoms with van der Waals surface area (Å²) >= 11 is 5.88. The first-order valence-electron chi connectivity index (χ1n) is 8.36.